The molecular formula is C13H18N2O4. The second-order valence-corrected chi connectivity index (χ2v) is 5.27. The fraction of sp³-hybridized carbons (Fsp3) is 0.462. The number of carbonyl (C=O) groups is 2. The molecule has 0 aromatic carbocycles. The molecule has 1 aromatic rings. The fourth-order valence-electron chi connectivity index (χ4n) is 1.39. The van der Waals surface area contributed by atoms with Gasteiger partial charge in [-0.2, -0.15) is 0 Å². The van der Waals surface area contributed by atoms with Crippen LogP contribution in [0.15, 0.2) is 24.4 Å². The topological polar surface area (TPSA) is 88.5 Å². The first-order valence-electron chi connectivity index (χ1n) is 5.81. The summed E-state index contributed by atoms with van der Waals surface area (Å²) in [7, 11) is 0. The van der Waals surface area contributed by atoms with Gasteiger partial charge in [0.2, 0.25) is 0 Å². The maximum atomic E-state index is 11.7. The Kier molecular flexibility index (Phi) is 4.14. The molecule has 1 atom stereocenters. The van der Waals surface area contributed by atoms with Crippen LogP contribution in [0.3, 0.4) is 0 Å². The van der Waals surface area contributed by atoms with Gasteiger partial charge in [-0.1, -0.05) is 6.07 Å². The molecule has 2 N–H and O–H groups in total. The minimum atomic E-state index is -1.64. The molecule has 0 unspecified atom stereocenters. The molecule has 0 aliphatic heterocycles. The fourth-order valence-corrected chi connectivity index (χ4v) is 1.39. The predicted molar refractivity (Wildman–Crippen MR) is 68.6 cm³/mol. The number of amides is 1. The largest absolute Gasteiger partial charge is 0.479 e. The second-order valence-electron chi connectivity index (χ2n) is 5.27. The lowest BCUT2D eigenvalue weighted by Crippen LogP contribution is -2.51. The zero-order chi connectivity index (χ0) is 14.7. The molecule has 0 saturated carbocycles. The summed E-state index contributed by atoms with van der Waals surface area (Å²) in [5.41, 5.74) is -2.11. The van der Waals surface area contributed by atoms with E-state index in [9.17, 15) is 14.7 Å². The molecule has 1 rings (SSSR count). The third kappa shape index (κ3) is 3.94. The van der Waals surface area contributed by atoms with Crippen LogP contribution in [0.5, 0.6) is 0 Å². The Labute approximate surface area is 111 Å². The summed E-state index contributed by atoms with van der Waals surface area (Å²) >= 11 is 0. The number of aliphatic carboxylic acids is 1. The maximum absolute atomic E-state index is 11.7. The van der Waals surface area contributed by atoms with Crippen LogP contribution in [0, 0.1) is 0 Å². The van der Waals surface area contributed by atoms with Crippen LogP contribution in [-0.4, -0.2) is 27.8 Å². The van der Waals surface area contributed by atoms with Gasteiger partial charge in [-0.3, -0.25) is 4.98 Å². The van der Waals surface area contributed by atoms with Crippen molar-refractivity contribution < 1.29 is 19.4 Å². The van der Waals surface area contributed by atoms with E-state index in [1.54, 1.807) is 32.9 Å². The lowest BCUT2D eigenvalue weighted by molar-refractivity contribution is -0.144. The summed E-state index contributed by atoms with van der Waals surface area (Å²) in [5, 5.41) is 11.7. The van der Waals surface area contributed by atoms with Crippen molar-refractivity contribution in [1.29, 1.82) is 0 Å². The molecule has 0 aliphatic rings. The summed E-state index contributed by atoms with van der Waals surface area (Å²) < 4.78 is 5.06. The Morgan fingerprint density at radius 3 is 2.32 bits per heavy atom. The van der Waals surface area contributed by atoms with Gasteiger partial charge in [-0.05, 0) is 39.8 Å². The van der Waals surface area contributed by atoms with Gasteiger partial charge in [0.05, 0.1) is 5.69 Å². The molecule has 0 radical (unpaired) electrons. The number of carboxylic acids is 1. The maximum Gasteiger partial charge on any atom is 0.408 e. The molecule has 1 amide bonds. The number of nitrogens with one attached hydrogen (secondary N) is 1. The average Bonchev–Trinajstić information content (AvgIpc) is 2.27. The van der Waals surface area contributed by atoms with Gasteiger partial charge in [-0.25, -0.2) is 9.59 Å². The van der Waals surface area contributed by atoms with Crippen LogP contribution < -0.4 is 5.32 Å². The molecule has 6 nitrogen and oxygen atoms in total. The van der Waals surface area contributed by atoms with E-state index in [0.717, 1.165) is 0 Å². The van der Waals surface area contributed by atoms with E-state index in [4.69, 9.17) is 4.74 Å². The van der Waals surface area contributed by atoms with E-state index in [2.05, 4.69) is 10.3 Å². The van der Waals surface area contributed by atoms with E-state index >= 15 is 0 Å². The molecular weight excluding hydrogens is 248 g/mol. The molecule has 0 aliphatic carbocycles. The van der Waals surface area contributed by atoms with Gasteiger partial charge < -0.3 is 15.2 Å². The molecule has 0 saturated heterocycles. The van der Waals surface area contributed by atoms with Crippen LogP contribution >= 0.6 is 0 Å². The SMILES string of the molecule is CC(C)(C)OC(=O)N[C@](C)(C(=O)O)c1ccccn1. The average molecular weight is 266 g/mol. The Morgan fingerprint density at radius 2 is 1.89 bits per heavy atom. The number of alkyl carbamates (subject to hydrolysis) is 1. The number of carboxylic acid groups (broad SMARTS) is 1. The summed E-state index contributed by atoms with van der Waals surface area (Å²) in [4.78, 5) is 27.1. The molecule has 104 valence electrons. The highest BCUT2D eigenvalue weighted by Gasteiger charge is 2.39. The smallest absolute Gasteiger partial charge is 0.408 e. The van der Waals surface area contributed by atoms with Crippen LogP contribution in [0.25, 0.3) is 0 Å². The monoisotopic (exact) mass is 266 g/mol. The third-order valence-corrected chi connectivity index (χ3v) is 2.36. The molecule has 1 aromatic heterocycles. The number of ether oxygens (including phenoxy) is 1. The minimum Gasteiger partial charge on any atom is -0.479 e. The zero-order valence-corrected chi connectivity index (χ0v) is 11.4. The van der Waals surface area contributed by atoms with E-state index in [1.165, 1.54) is 19.2 Å². The lowest BCUT2D eigenvalue weighted by Gasteiger charge is -2.27. The first-order valence-corrected chi connectivity index (χ1v) is 5.81. The number of aromatic nitrogens is 1. The van der Waals surface area contributed by atoms with Crippen molar-refractivity contribution in [3.05, 3.63) is 30.1 Å². The van der Waals surface area contributed by atoms with Crippen LogP contribution in [-0.2, 0) is 15.1 Å². The summed E-state index contributed by atoms with van der Waals surface area (Å²) in [5.74, 6) is -1.21. The van der Waals surface area contributed by atoms with Crippen molar-refractivity contribution in [3.8, 4) is 0 Å². The Morgan fingerprint density at radius 1 is 1.26 bits per heavy atom. The van der Waals surface area contributed by atoms with E-state index in [0.29, 0.717) is 0 Å². The molecule has 0 spiro atoms. The number of rotatable bonds is 3. The second kappa shape index (κ2) is 5.26. The van der Waals surface area contributed by atoms with E-state index < -0.39 is 23.2 Å². The van der Waals surface area contributed by atoms with Crippen molar-refractivity contribution in [2.24, 2.45) is 0 Å². The first-order chi connectivity index (χ1) is 8.65. The standard InChI is InChI=1S/C13H18N2O4/c1-12(2,3)19-11(18)15-13(4,10(16)17)9-7-5-6-8-14-9/h5-8H,1-4H3,(H,15,18)(H,16,17)/t13-/m0/s1. The molecule has 0 bridgehead atoms. The Balaban J connectivity index is 2.97. The van der Waals surface area contributed by atoms with Crippen LogP contribution in [0.1, 0.15) is 33.4 Å². The highest BCUT2D eigenvalue weighted by molar-refractivity contribution is 5.84. The van der Waals surface area contributed by atoms with Gasteiger partial charge in [0.25, 0.3) is 0 Å². The van der Waals surface area contributed by atoms with Crippen molar-refractivity contribution in [2.75, 3.05) is 0 Å². The first kappa shape index (κ1) is 14.9. The summed E-state index contributed by atoms with van der Waals surface area (Å²) in [6.45, 7) is 6.46. The van der Waals surface area contributed by atoms with E-state index in [1.807, 2.05) is 0 Å². The van der Waals surface area contributed by atoms with Crippen molar-refractivity contribution in [1.82, 2.24) is 10.3 Å². The lowest BCUT2D eigenvalue weighted by atomic mass is 9.97. The zero-order valence-electron chi connectivity index (χ0n) is 11.4. The van der Waals surface area contributed by atoms with Gasteiger partial charge >= 0.3 is 12.1 Å². The van der Waals surface area contributed by atoms with Crippen molar-refractivity contribution >= 4 is 12.1 Å². The number of hydrogen-bond donors (Lipinski definition) is 2. The van der Waals surface area contributed by atoms with Crippen molar-refractivity contribution in [2.45, 2.75) is 38.8 Å². The Bertz CT molecular complexity index is 467. The van der Waals surface area contributed by atoms with Crippen molar-refractivity contribution in [3.63, 3.8) is 0 Å². The number of carbonyl (C=O) groups excluding carboxylic acids is 1. The summed E-state index contributed by atoms with van der Waals surface area (Å²) in [6.07, 6.45) is 0.663. The molecule has 1 heterocycles. The number of nitrogens with zero attached hydrogens (tertiary/aromatic N) is 1. The number of pyridine rings is 1. The quantitative estimate of drug-likeness (QED) is 0.872. The predicted octanol–water partition coefficient (Wildman–Crippen LogP) is 1.91. The summed E-state index contributed by atoms with van der Waals surface area (Å²) in [6, 6.07) is 4.85. The highest BCUT2D eigenvalue weighted by Crippen LogP contribution is 2.19. The Hall–Kier alpha value is -2.11. The van der Waals surface area contributed by atoms with Gasteiger partial charge in [0, 0.05) is 6.20 Å². The number of hydrogen-bond acceptors (Lipinski definition) is 4. The van der Waals surface area contributed by atoms with Gasteiger partial charge in [0.15, 0.2) is 5.54 Å². The molecule has 6 heteroatoms. The normalized spacial score (nSPS) is 14.3. The molecule has 0 fully saturated rings. The van der Waals surface area contributed by atoms with Gasteiger partial charge in [0.1, 0.15) is 5.60 Å². The minimum absolute atomic E-state index is 0.230. The van der Waals surface area contributed by atoms with Gasteiger partial charge in [-0.15, -0.1) is 0 Å². The highest BCUT2D eigenvalue weighted by atomic mass is 16.6. The van der Waals surface area contributed by atoms with Crippen LogP contribution in [0.2, 0.25) is 0 Å². The van der Waals surface area contributed by atoms with E-state index in [-0.39, 0.29) is 5.69 Å². The van der Waals surface area contributed by atoms with Crippen LogP contribution in [0.4, 0.5) is 4.79 Å². The third-order valence-electron chi connectivity index (χ3n) is 2.36. The molecule has 19 heavy (non-hydrogen) atoms.